The number of ether oxygens (including phenoxy) is 1. The molecule has 0 aliphatic heterocycles. The number of allylic oxidation sites excluding steroid dienone is 1. The van der Waals surface area contributed by atoms with E-state index in [0.717, 1.165) is 12.8 Å². The molecule has 2 heteroatoms. The molecule has 2 aliphatic carbocycles. The van der Waals surface area contributed by atoms with E-state index < -0.39 is 0 Å². The Bertz CT molecular complexity index is 269. The van der Waals surface area contributed by atoms with Crippen molar-refractivity contribution < 1.29 is 9.53 Å². The van der Waals surface area contributed by atoms with Crippen LogP contribution in [0.2, 0.25) is 0 Å². The molecule has 2 nitrogen and oxygen atoms in total. The first-order valence-electron chi connectivity index (χ1n) is 5.54. The average molecular weight is 194 g/mol. The van der Waals surface area contributed by atoms with Crippen molar-refractivity contribution in [1.29, 1.82) is 0 Å². The Kier molecular flexibility index (Phi) is 2.38. The normalized spacial score (nSPS) is 39.0. The lowest BCUT2D eigenvalue weighted by Gasteiger charge is -2.31. The largest absolute Gasteiger partial charge is 0.459 e. The Morgan fingerprint density at radius 3 is 2.86 bits per heavy atom. The third kappa shape index (κ3) is 1.58. The summed E-state index contributed by atoms with van der Waals surface area (Å²) < 4.78 is 5.58. The van der Waals surface area contributed by atoms with Crippen LogP contribution in [-0.4, -0.2) is 11.6 Å². The SMILES string of the molecule is CCCC(=O)OC1(C)CC2C=CC1C2. The van der Waals surface area contributed by atoms with Crippen molar-refractivity contribution in [2.45, 2.75) is 45.1 Å². The summed E-state index contributed by atoms with van der Waals surface area (Å²) in [6.45, 7) is 4.08. The van der Waals surface area contributed by atoms with Crippen molar-refractivity contribution in [3.8, 4) is 0 Å². The first-order chi connectivity index (χ1) is 6.64. The molecule has 1 saturated carbocycles. The third-order valence-corrected chi connectivity index (χ3v) is 3.43. The fourth-order valence-electron chi connectivity index (χ4n) is 2.68. The van der Waals surface area contributed by atoms with Crippen LogP contribution in [0.25, 0.3) is 0 Å². The molecule has 0 aromatic heterocycles. The Balaban J connectivity index is 1.97. The van der Waals surface area contributed by atoms with Gasteiger partial charge < -0.3 is 4.74 Å². The highest BCUT2D eigenvalue weighted by molar-refractivity contribution is 5.70. The van der Waals surface area contributed by atoms with Gasteiger partial charge in [0.25, 0.3) is 0 Å². The maximum Gasteiger partial charge on any atom is 0.306 e. The van der Waals surface area contributed by atoms with Gasteiger partial charge in [0.05, 0.1) is 0 Å². The Labute approximate surface area is 85.3 Å². The van der Waals surface area contributed by atoms with Gasteiger partial charge in [0, 0.05) is 12.3 Å². The highest BCUT2D eigenvalue weighted by Gasteiger charge is 2.47. The first kappa shape index (κ1) is 9.75. The van der Waals surface area contributed by atoms with Gasteiger partial charge in [-0.3, -0.25) is 4.79 Å². The topological polar surface area (TPSA) is 26.3 Å². The number of carbonyl (C=O) groups excluding carboxylic acids is 1. The van der Waals surface area contributed by atoms with Crippen molar-refractivity contribution >= 4 is 5.97 Å². The summed E-state index contributed by atoms with van der Waals surface area (Å²) >= 11 is 0. The number of rotatable bonds is 3. The lowest BCUT2D eigenvalue weighted by atomic mass is 9.90. The summed E-state index contributed by atoms with van der Waals surface area (Å²) in [6, 6.07) is 0. The summed E-state index contributed by atoms with van der Waals surface area (Å²) in [4.78, 5) is 11.4. The van der Waals surface area contributed by atoms with Gasteiger partial charge >= 0.3 is 5.97 Å². The second-order valence-corrected chi connectivity index (χ2v) is 4.73. The minimum atomic E-state index is -0.203. The van der Waals surface area contributed by atoms with Crippen molar-refractivity contribution in [2.24, 2.45) is 11.8 Å². The van der Waals surface area contributed by atoms with Crippen LogP contribution in [0.15, 0.2) is 12.2 Å². The lowest BCUT2D eigenvalue weighted by Crippen LogP contribution is -2.35. The van der Waals surface area contributed by atoms with Crippen LogP contribution in [-0.2, 0) is 9.53 Å². The summed E-state index contributed by atoms with van der Waals surface area (Å²) in [5, 5.41) is 0. The second-order valence-electron chi connectivity index (χ2n) is 4.73. The predicted octanol–water partition coefficient (Wildman–Crippen LogP) is 2.68. The van der Waals surface area contributed by atoms with Gasteiger partial charge in [0.15, 0.2) is 0 Å². The Hall–Kier alpha value is -0.790. The van der Waals surface area contributed by atoms with Crippen molar-refractivity contribution in [2.75, 3.05) is 0 Å². The lowest BCUT2D eigenvalue weighted by molar-refractivity contribution is -0.160. The van der Waals surface area contributed by atoms with Gasteiger partial charge in [-0.05, 0) is 32.1 Å². The van der Waals surface area contributed by atoms with E-state index >= 15 is 0 Å². The summed E-state index contributed by atoms with van der Waals surface area (Å²) in [5.41, 5.74) is -0.203. The predicted molar refractivity (Wildman–Crippen MR) is 54.8 cm³/mol. The monoisotopic (exact) mass is 194 g/mol. The number of hydrogen-bond acceptors (Lipinski definition) is 2. The molecular formula is C12H18O2. The van der Waals surface area contributed by atoms with Gasteiger partial charge in [-0.2, -0.15) is 0 Å². The van der Waals surface area contributed by atoms with Crippen LogP contribution in [0.5, 0.6) is 0 Å². The molecule has 0 saturated heterocycles. The average Bonchev–Trinajstić information content (AvgIpc) is 2.62. The zero-order chi connectivity index (χ0) is 10.2. The number of hydrogen-bond donors (Lipinski definition) is 0. The summed E-state index contributed by atoms with van der Waals surface area (Å²) in [5.74, 6) is 1.09. The van der Waals surface area contributed by atoms with E-state index in [2.05, 4.69) is 19.1 Å². The van der Waals surface area contributed by atoms with Crippen molar-refractivity contribution in [3.63, 3.8) is 0 Å². The van der Waals surface area contributed by atoms with Gasteiger partial charge in [-0.25, -0.2) is 0 Å². The third-order valence-electron chi connectivity index (χ3n) is 3.43. The molecule has 2 aliphatic rings. The molecule has 0 amide bonds. The molecule has 14 heavy (non-hydrogen) atoms. The molecule has 0 spiro atoms. The molecule has 0 radical (unpaired) electrons. The zero-order valence-corrected chi connectivity index (χ0v) is 8.95. The molecule has 0 aromatic rings. The maximum atomic E-state index is 11.4. The van der Waals surface area contributed by atoms with E-state index in [-0.39, 0.29) is 11.6 Å². The standard InChI is InChI=1S/C12H18O2/c1-3-4-11(13)14-12(2)8-9-5-6-10(12)7-9/h5-6,9-10H,3-4,7-8H2,1-2H3. The summed E-state index contributed by atoms with van der Waals surface area (Å²) in [6.07, 6.45) is 8.10. The molecule has 0 aromatic carbocycles. The number of fused-ring (bicyclic) bond motifs is 2. The molecule has 1 fully saturated rings. The summed E-state index contributed by atoms with van der Waals surface area (Å²) in [7, 11) is 0. The quantitative estimate of drug-likeness (QED) is 0.510. The van der Waals surface area contributed by atoms with Crippen molar-refractivity contribution in [3.05, 3.63) is 12.2 Å². The Morgan fingerprint density at radius 2 is 2.36 bits per heavy atom. The number of esters is 1. The van der Waals surface area contributed by atoms with Gasteiger partial charge in [0.1, 0.15) is 5.60 Å². The molecule has 2 rings (SSSR count). The van der Waals surface area contributed by atoms with E-state index in [9.17, 15) is 4.79 Å². The smallest absolute Gasteiger partial charge is 0.306 e. The molecule has 0 heterocycles. The van der Waals surface area contributed by atoms with Crippen LogP contribution in [0.3, 0.4) is 0 Å². The minimum absolute atomic E-state index is 0.0315. The van der Waals surface area contributed by atoms with E-state index in [0.29, 0.717) is 18.3 Å². The Morgan fingerprint density at radius 1 is 1.57 bits per heavy atom. The highest BCUT2D eigenvalue weighted by Crippen LogP contribution is 2.48. The second kappa shape index (κ2) is 3.41. The first-order valence-corrected chi connectivity index (χ1v) is 5.54. The molecule has 0 N–H and O–H groups in total. The van der Waals surface area contributed by atoms with E-state index in [1.807, 2.05) is 6.92 Å². The van der Waals surface area contributed by atoms with Gasteiger partial charge in [0.2, 0.25) is 0 Å². The molecule has 78 valence electrons. The van der Waals surface area contributed by atoms with E-state index in [1.165, 1.54) is 6.42 Å². The van der Waals surface area contributed by atoms with E-state index in [1.54, 1.807) is 0 Å². The van der Waals surface area contributed by atoms with Crippen LogP contribution < -0.4 is 0 Å². The van der Waals surface area contributed by atoms with E-state index in [4.69, 9.17) is 4.74 Å². The minimum Gasteiger partial charge on any atom is -0.459 e. The molecular weight excluding hydrogens is 176 g/mol. The van der Waals surface area contributed by atoms with Crippen LogP contribution in [0, 0.1) is 11.8 Å². The molecule has 3 unspecified atom stereocenters. The number of carbonyl (C=O) groups is 1. The fourth-order valence-corrected chi connectivity index (χ4v) is 2.68. The highest BCUT2D eigenvalue weighted by atomic mass is 16.6. The fraction of sp³-hybridized carbons (Fsp3) is 0.750. The molecule has 3 atom stereocenters. The van der Waals surface area contributed by atoms with Crippen molar-refractivity contribution in [1.82, 2.24) is 0 Å². The van der Waals surface area contributed by atoms with Crippen LogP contribution in [0.4, 0.5) is 0 Å². The van der Waals surface area contributed by atoms with Gasteiger partial charge in [-0.15, -0.1) is 0 Å². The van der Waals surface area contributed by atoms with Crippen LogP contribution >= 0.6 is 0 Å². The maximum absolute atomic E-state index is 11.4. The van der Waals surface area contributed by atoms with Gasteiger partial charge in [-0.1, -0.05) is 19.1 Å². The zero-order valence-electron chi connectivity index (χ0n) is 8.95. The van der Waals surface area contributed by atoms with Crippen LogP contribution in [0.1, 0.15) is 39.5 Å². The molecule has 2 bridgehead atoms.